The fraction of sp³-hybridized carbons (Fsp3) is 0.333. The monoisotopic (exact) mass is 274 g/mol. The van der Waals surface area contributed by atoms with Gasteiger partial charge in [-0.25, -0.2) is 9.18 Å². The van der Waals surface area contributed by atoms with Crippen LogP contribution in [0.5, 0.6) is 0 Å². The van der Waals surface area contributed by atoms with Gasteiger partial charge in [-0.2, -0.15) is 5.10 Å². The summed E-state index contributed by atoms with van der Waals surface area (Å²) in [6, 6.07) is 6.34. The molecule has 0 atom stereocenters. The number of carboxylic acid groups (broad SMARTS) is 1. The molecule has 2 aromatic rings. The van der Waals surface area contributed by atoms with Gasteiger partial charge < -0.3 is 5.11 Å². The molecular formula is C15H15FN2O2. The predicted octanol–water partition coefficient (Wildman–Crippen LogP) is 3.50. The summed E-state index contributed by atoms with van der Waals surface area (Å²) < 4.78 is 15.3. The van der Waals surface area contributed by atoms with Gasteiger partial charge in [-0.15, -0.1) is 0 Å². The summed E-state index contributed by atoms with van der Waals surface area (Å²) in [5.74, 6) is -1.99. The number of halogens is 1. The van der Waals surface area contributed by atoms with E-state index < -0.39 is 11.8 Å². The summed E-state index contributed by atoms with van der Waals surface area (Å²) >= 11 is 0. The van der Waals surface area contributed by atoms with E-state index in [4.69, 9.17) is 5.11 Å². The number of carbonyl (C=O) groups is 1. The summed E-state index contributed by atoms with van der Waals surface area (Å²) in [6.45, 7) is 0. The summed E-state index contributed by atoms with van der Waals surface area (Å²) in [5, 5.41) is 13.4. The third-order valence-electron chi connectivity index (χ3n) is 3.80. The molecule has 0 radical (unpaired) electrons. The van der Waals surface area contributed by atoms with E-state index in [1.54, 1.807) is 6.07 Å². The molecule has 1 fully saturated rings. The normalized spacial score (nSPS) is 15.7. The van der Waals surface area contributed by atoms with Crippen molar-refractivity contribution in [2.75, 3.05) is 0 Å². The lowest BCUT2D eigenvalue weighted by Gasteiger charge is -2.08. The molecular weight excluding hydrogens is 259 g/mol. The van der Waals surface area contributed by atoms with E-state index in [2.05, 4.69) is 5.10 Å². The van der Waals surface area contributed by atoms with Crippen LogP contribution in [-0.4, -0.2) is 20.9 Å². The summed E-state index contributed by atoms with van der Waals surface area (Å²) in [4.78, 5) is 11.0. The third kappa shape index (κ3) is 2.31. The van der Waals surface area contributed by atoms with Gasteiger partial charge in [0.25, 0.3) is 0 Å². The standard InChI is InChI=1S/C15H15FN2O2/c16-13-6-5-10(9-12(13)15(19)20)14-7-8-18(17-14)11-3-1-2-4-11/h5-9,11H,1-4H2,(H,19,20). The predicted molar refractivity (Wildman–Crippen MR) is 72.1 cm³/mol. The first kappa shape index (κ1) is 12.8. The molecule has 0 aliphatic heterocycles. The van der Waals surface area contributed by atoms with Gasteiger partial charge in [0.2, 0.25) is 0 Å². The maximum absolute atomic E-state index is 13.4. The number of nitrogens with zero attached hydrogens (tertiary/aromatic N) is 2. The van der Waals surface area contributed by atoms with Crippen molar-refractivity contribution in [3.63, 3.8) is 0 Å². The maximum Gasteiger partial charge on any atom is 0.338 e. The number of aromatic nitrogens is 2. The number of aromatic carboxylic acids is 1. The third-order valence-corrected chi connectivity index (χ3v) is 3.80. The zero-order valence-corrected chi connectivity index (χ0v) is 10.9. The van der Waals surface area contributed by atoms with Crippen molar-refractivity contribution in [3.8, 4) is 11.3 Å². The first-order valence-electron chi connectivity index (χ1n) is 6.73. The van der Waals surface area contributed by atoms with Gasteiger partial charge in [0, 0.05) is 11.8 Å². The van der Waals surface area contributed by atoms with Gasteiger partial charge in [0.05, 0.1) is 17.3 Å². The molecule has 1 aliphatic rings. The minimum Gasteiger partial charge on any atom is -0.478 e. The van der Waals surface area contributed by atoms with Crippen LogP contribution in [0.15, 0.2) is 30.5 Å². The maximum atomic E-state index is 13.4. The first-order chi connectivity index (χ1) is 9.65. The van der Waals surface area contributed by atoms with E-state index >= 15 is 0 Å². The second-order valence-corrected chi connectivity index (χ2v) is 5.12. The van der Waals surface area contributed by atoms with E-state index in [9.17, 15) is 9.18 Å². The van der Waals surface area contributed by atoms with Crippen LogP contribution in [0.4, 0.5) is 4.39 Å². The Morgan fingerprint density at radius 2 is 2.05 bits per heavy atom. The molecule has 0 unspecified atom stereocenters. The average Bonchev–Trinajstić information content (AvgIpc) is 3.09. The van der Waals surface area contributed by atoms with Crippen molar-refractivity contribution in [1.29, 1.82) is 0 Å². The molecule has 4 nitrogen and oxygen atoms in total. The molecule has 5 heteroatoms. The number of benzene rings is 1. The smallest absolute Gasteiger partial charge is 0.338 e. The Morgan fingerprint density at radius 3 is 2.75 bits per heavy atom. The van der Waals surface area contributed by atoms with Gasteiger partial charge >= 0.3 is 5.97 Å². The Bertz CT molecular complexity index is 645. The Labute approximate surface area is 115 Å². The van der Waals surface area contributed by atoms with Gasteiger partial charge in [-0.3, -0.25) is 4.68 Å². The van der Waals surface area contributed by atoms with Crippen LogP contribution in [0.1, 0.15) is 42.1 Å². The van der Waals surface area contributed by atoms with Gasteiger partial charge in [-0.05, 0) is 37.1 Å². The van der Waals surface area contributed by atoms with Crippen molar-refractivity contribution in [1.82, 2.24) is 9.78 Å². The van der Waals surface area contributed by atoms with Crippen molar-refractivity contribution < 1.29 is 14.3 Å². The van der Waals surface area contributed by atoms with Crippen molar-refractivity contribution in [2.45, 2.75) is 31.7 Å². The molecule has 1 heterocycles. The molecule has 3 rings (SSSR count). The molecule has 1 aromatic heterocycles. The van der Waals surface area contributed by atoms with Crippen LogP contribution in [0.25, 0.3) is 11.3 Å². The average molecular weight is 274 g/mol. The van der Waals surface area contributed by atoms with Crippen molar-refractivity contribution >= 4 is 5.97 Å². The highest BCUT2D eigenvalue weighted by Gasteiger charge is 2.18. The fourth-order valence-corrected chi connectivity index (χ4v) is 2.71. The van der Waals surface area contributed by atoms with Crippen molar-refractivity contribution in [2.24, 2.45) is 0 Å². The summed E-state index contributed by atoms with van der Waals surface area (Å²) in [5.41, 5.74) is 0.984. The number of carboxylic acids is 1. The second kappa shape index (κ2) is 5.07. The van der Waals surface area contributed by atoms with Crippen LogP contribution >= 0.6 is 0 Å². The molecule has 1 saturated carbocycles. The van der Waals surface area contributed by atoms with Crippen LogP contribution < -0.4 is 0 Å². The molecule has 1 aromatic carbocycles. The minimum absolute atomic E-state index is 0.321. The molecule has 0 amide bonds. The Hall–Kier alpha value is -2.17. The lowest BCUT2D eigenvalue weighted by atomic mass is 10.1. The molecule has 0 spiro atoms. The largest absolute Gasteiger partial charge is 0.478 e. The van der Waals surface area contributed by atoms with E-state index in [1.807, 2.05) is 16.9 Å². The first-order valence-corrected chi connectivity index (χ1v) is 6.73. The molecule has 0 bridgehead atoms. The topological polar surface area (TPSA) is 55.1 Å². The number of hydrogen-bond acceptors (Lipinski definition) is 2. The zero-order chi connectivity index (χ0) is 14.1. The summed E-state index contributed by atoms with van der Waals surface area (Å²) in [6.07, 6.45) is 6.62. The van der Waals surface area contributed by atoms with E-state index in [-0.39, 0.29) is 5.56 Å². The van der Waals surface area contributed by atoms with E-state index in [0.29, 0.717) is 17.3 Å². The van der Waals surface area contributed by atoms with Gasteiger partial charge in [0.15, 0.2) is 0 Å². The Kier molecular flexibility index (Phi) is 3.26. The second-order valence-electron chi connectivity index (χ2n) is 5.12. The lowest BCUT2D eigenvalue weighted by Crippen LogP contribution is -2.05. The quantitative estimate of drug-likeness (QED) is 0.931. The lowest BCUT2D eigenvalue weighted by molar-refractivity contribution is 0.0692. The highest BCUT2D eigenvalue weighted by molar-refractivity contribution is 5.89. The number of rotatable bonds is 3. The fourth-order valence-electron chi connectivity index (χ4n) is 2.71. The SMILES string of the molecule is O=C(O)c1cc(-c2ccn(C3CCCC3)n2)ccc1F. The molecule has 20 heavy (non-hydrogen) atoms. The van der Waals surface area contributed by atoms with E-state index in [0.717, 1.165) is 12.8 Å². The Balaban J connectivity index is 1.93. The molecule has 0 saturated heterocycles. The zero-order valence-electron chi connectivity index (χ0n) is 10.9. The molecule has 1 aliphatic carbocycles. The minimum atomic E-state index is -1.26. The summed E-state index contributed by atoms with van der Waals surface area (Å²) in [7, 11) is 0. The van der Waals surface area contributed by atoms with Crippen LogP contribution in [-0.2, 0) is 0 Å². The molecule has 1 N–H and O–H groups in total. The van der Waals surface area contributed by atoms with Gasteiger partial charge in [0.1, 0.15) is 5.82 Å². The highest BCUT2D eigenvalue weighted by atomic mass is 19.1. The van der Waals surface area contributed by atoms with E-state index in [1.165, 1.54) is 25.0 Å². The van der Waals surface area contributed by atoms with Crippen LogP contribution in [0.2, 0.25) is 0 Å². The van der Waals surface area contributed by atoms with Crippen molar-refractivity contribution in [3.05, 3.63) is 41.8 Å². The van der Waals surface area contributed by atoms with Crippen LogP contribution in [0, 0.1) is 5.82 Å². The van der Waals surface area contributed by atoms with Gasteiger partial charge in [-0.1, -0.05) is 12.8 Å². The highest BCUT2D eigenvalue weighted by Crippen LogP contribution is 2.30. The van der Waals surface area contributed by atoms with Crippen LogP contribution in [0.3, 0.4) is 0 Å². The number of hydrogen-bond donors (Lipinski definition) is 1. The Morgan fingerprint density at radius 1 is 1.30 bits per heavy atom. The molecule has 104 valence electrons.